The fourth-order valence-corrected chi connectivity index (χ4v) is 2.32. The molecule has 0 saturated heterocycles. The topological polar surface area (TPSA) is 12.0 Å². The molecule has 1 rings (SSSR count). The van der Waals surface area contributed by atoms with Gasteiger partial charge in [0.1, 0.15) is 0 Å². The summed E-state index contributed by atoms with van der Waals surface area (Å²) in [4.78, 5) is 0. The summed E-state index contributed by atoms with van der Waals surface area (Å²) < 4.78 is 0. The van der Waals surface area contributed by atoms with E-state index in [1.54, 1.807) is 0 Å². The van der Waals surface area contributed by atoms with E-state index < -0.39 is 0 Å². The van der Waals surface area contributed by atoms with Crippen molar-refractivity contribution in [3.63, 3.8) is 0 Å². The van der Waals surface area contributed by atoms with Crippen molar-refractivity contribution in [3.05, 3.63) is 35.4 Å². The van der Waals surface area contributed by atoms with Crippen LogP contribution in [0.5, 0.6) is 0 Å². The van der Waals surface area contributed by atoms with Crippen LogP contribution in [0.3, 0.4) is 0 Å². The van der Waals surface area contributed by atoms with E-state index in [1.807, 2.05) is 0 Å². The molecule has 0 heterocycles. The molecule has 0 fully saturated rings. The first-order valence-electron chi connectivity index (χ1n) is 7.62. The smallest absolute Gasteiger partial charge is 0.0110 e. The third-order valence-corrected chi connectivity index (χ3v) is 4.21. The molecule has 0 aromatic heterocycles. The maximum absolute atomic E-state index is 3.65. The summed E-state index contributed by atoms with van der Waals surface area (Å²) in [6, 6.07) is 9.54. The summed E-state index contributed by atoms with van der Waals surface area (Å²) in [5.74, 6) is 0.724. The molecule has 0 aliphatic carbocycles. The standard InChI is InChI=1S/C18H31N/c1-7-19-17(12-15(3)18(4,5)6)13-16-10-8-14(2)9-11-16/h8-11,15,17,19H,7,12-13H2,1-6H3. The monoisotopic (exact) mass is 261 g/mol. The minimum atomic E-state index is 0.390. The fraction of sp³-hybridized carbons (Fsp3) is 0.667. The highest BCUT2D eigenvalue weighted by atomic mass is 14.9. The van der Waals surface area contributed by atoms with Gasteiger partial charge in [0, 0.05) is 6.04 Å². The zero-order valence-corrected chi connectivity index (χ0v) is 13.6. The summed E-state index contributed by atoms with van der Waals surface area (Å²) in [5.41, 5.74) is 3.17. The molecule has 1 nitrogen and oxygen atoms in total. The van der Waals surface area contributed by atoms with Crippen LogP contribution in [0.1, 0.15) is 52.2 Å². The van der Waals surface area contributed by atoms with Crippen LogP contribution in [-0.2, 0) is 6.42 Å². The Morgan fingerprint density at radius 2 is 1.68 bits per heavy atom. The quantitative estimate of drug-likeness (QED) is 0.790. The van der Waals surface area contributed by atoms with Gasteiger partial charge in [0.05, 0.1) is 0 Å². The highest BCUT2D eigenvalue weighted by Crippen LogP contribution is 2.29. The van der Waals surface area contributed by atoms with E-state index in [0.29, 0.717) is 11.5 Å². The van der Waals surface area contributed by atoms with Gasteiger partial charge in [0.25, 0.3) is 0 Å². The lowest BCUT2D eigenvalue weighted by Crippen LogP contribution is -2.35. The van der Waals surface area contributed by atoms with Crippen molar-refractivity contribution >= 4 is 0 Å². The maximum Gasteiger partial charge on any atom is 0.0110 e. The third kappa shape index (κ3) is 5.78. The Bertz CT molecular complexity index is 358. The lowest BCUT2D eigenvalue weighted by molar-refractivity contribution is 0.222. The van der Waals surface area contributed by atoms with Crippen LogP contribution >= 0.6 is 0 Å². The number of hydrogen-bond donors (Lipinski definition) is 1. The van der Waals surface area contributed by atoms with E-state index in [1.165, 1.54) is 17.5 Å². The van der Waals surface area contributed by atoms with Crippen LogP contribution in [-0.4, -0.2) is 12.6 Å². The average molecular weight is 261 g/mol. The third-order valence-electron chi connectivity index (χ3n) is 4.21. The first-order valence-corrected chi connectivity index (χ1v) is 7.62. The molecule has 0 aliphatic heterocycles. The molecule has 2 unspecified atom stereocenters. The number of aryl methyl sites for hydroxylation is 1. The predicted molar refractivity (Wildman–Crippen MR) is 85.6 cm³/mol. The van der Waals surface area contributed by atoms with Crippen LogP contribution in [0, 0.1) is 18.3 Å². The Balaban J connectivity index is 2.64. The zero-order chi connectivity index (χ0) is 14.5. The highest BCUT2D eigenvalue weighted by Gasteiger charge is 2.23. The second kappa shape index (κ2) is 7.09. The molecule has 0 saturated carbocycles. The SMILES string of the molecule is CCNC(Cc1ccc(C)cc1)CC(C)C(C)(C)C. The Labute approximate surface area is 119 Å². The molecule has 1 N–H and O–H groups in total. The lowest BCUT2D eigenvalue weighted by atomic mass is 9.78. The molecule has 19 heavy (non-hydrogen) atoms. The molecule has 1 heteroatoms. The molecule has 2 atom stereocenters. The predicted octanol–water partition coefficient (Wildman–Crippen LogP) is 4.59. The van der Waals surface area contributed by atoms with Crippen molar-refractivity contribution < 1.29 is 0 Å². The molecule has 108 valence electrons. The van der Waals surface area contributed by atoms with Crippen LogP contribution in [0.25, 0.3) is 0 Å². The number of nitrogens with one attached hydrogen (secondary N) is 1. The summed E-state index contributed by atoms with van der Waals surface area (Å²) in [6.07, 6.45) is 2.37. The second-order valence-corrected chi connectivity index (χ2v) is 6.95. The van der Waals surface area contributed by atoms with Gasteiger partial charge in [-0.15, -0.1) is 0 Å². The minimum Gasteiger partial charge on any atom is -0.314 e. The molecule has 0 bridgehead atoms. The van der Waals surface area contributed by atoms with Gasteiger partial charge in [-0.1, -0.05) is 64.4 Å². The average Bonchev–Trinajstić information content (AvgIpc) is 2.31. The normalized spacial score (nSPS) is 15.3. The zero-order valence-electron chi connectivity index (χ0n) is 13.6. The van der Waals surface area contributed by atoms with Crippen LogP contribution < -0.4 is 5.32 Å². The van der Waals surface area contributed by atoms with Gasteiger partial charge in [-0.3, -0.25) is 0 Å². The Morgan fingerprint density at radius 1 is 1.11 bits per heavy atom. The van der Waals surface area contributed by atoms with Gasteiger partial charge in [0.15, 0.2) is 0 Å². The molecule has 0 amide bonds. The summed E-state index contributed by atoms with van der Waals surface area (Å²) in [7, 11) is 0. The van der Waals surface area contributed by atoms with Crippen molar-refractivity contribution in [2.75, 3.05) is 6.54 Å². The van der Waals surface area contributed by atoms with Gasteiger partial charge >= 0.3 is 0 Å². The maximum atomic E-state index is 3.65. The van der Waals surface area contributed by atoms with Gasteiger partial charge in [-0.05, 0) is 43.2 Å². The number of likely N-dealkylation sites (N-methyl/N-ethyl adjacent to an activating group) is 1. The lowest BCUT2D eigenvalue weighted by Gasteiger charge is -2.31. The molecular formula is C18H31N. The molecular weight excluding hydrogens is 230 g/mol. The summed E-state index contributed by atoms with van der Waals surface area (Å²) in [5, 5.41) is 3.65. The fourth-order valence-electron chi connectivity index (χ4n) is 2.32. The first-order chi connectivity index (χ1) is 8.82. The van der Waals surface area contributed by atoms with Crippen molar-refractivity contribution in [2.45, 2.75) is 60.4 Å². The van der Waals surface area contributed by atoms with E-state index in [4.69, 9.17) is 0 Å². The van der Waals surface area contributed by atoms with E-state index in [0.717, 1.165) is 18.9 Å². The van der Waals surface area contributed by atoms with Crippen LogP contribution in [0.15, 0.2) is 24.3 Å². The van der Waals surface area contributed by atoms with Crippen molar-refractivity contribution in [3.8, 4) is 0 Å². The second-order valence-electron chi connectivity index (χ2n) is 6.95. The van der Waals surface area contributed by atoms with Crippen molar-refractivity contribution in [2.24, 2.45) is 11.3 Å². The Kier molecular flexibility index (Phi) is 6.06. The van der Waals surface area contributed by atoms with Gasteiger partial charge < -0.3 is 5.32 Å². The summed E-state index contributed by atoms with van der Waals surface area (Å²) >= 11 is 0. The Hall–Kier alpha value is -0.820. The number of rotatable bonds is 6. The Morgan fingerprint density at radius 3 is 2.16 bits per heavy atom. The number of hydrogen-bond acceptors (Lipinski definition) is 1. The van der Waals surface area contributed by atoms with Gasteiger partial charge in [0.2, 0.25) is 0 Å². The molecule has 0 aliphatic rings. The first kappa shape index (κ1) is 16.2. The summed E-state index contributed by atoms with van der Waals surface area (Å²) in [6.45, 7) is 14.8. The van der Waals surface area contributed by atoms with Gasteiger partial charge in [-0.25, -0.2) is 0 Å². The van der Waals surface area contributed by atoms with Crippen molar-refractivity contribution in [1.82, 2.24) is 5.32 Å². The molecule has 1 aromatic carbocycles. The minimum absolute atomic E-state index is 0.390. The van der Waals surface area contributed by atoms with E-state index in [2.05, 4.69) is 71.1 Å². The largest absolute Gasteiger partial charge is 0.314 e. The highest BCUT2D eigenvalue weighted by molar-refractivity contribution is 5.22. The van der Waals surface area contributed by atoms with Crippen LogP contribution in [0.2, 0.25) is 0 Å². The van der Waals surface area contributed by atoms with E-state index in [9.17, 15) is 0 Å². The molecule has 0 spiro atoms. The van der Waals surface area contributed by atoms with Gasteiger partial charge in [-0.2, -0.15) is 0 Å². The number of benzene rings is 1. The van der Waals surface area contributed by atoms with Crippen LogP contribution in [0.4, 0.5) is 0 Å². The van der Waals surface area contributed by atoms with E-state index >= 15 is 0 Å². The van der Waals surface area contributed by atoms with Crippen molar-refractivity contribution in [1.29, 1.82) is 0 Å². The molecule has 0 radical (unpaired) electrons. The molecule has 1 aromatic rings. The van der Waals surface area contributed by atoms with E-state index in [-0.39, 0.29) is 0 Å².